The number of sulfonamides is 1. The highest BCUT2D eigenvalue weighted by Crippen LogP contribution is 2.32. The first-order valence-corrected chi connectivity index (χ1v) is 13.0. The van der Waals surface area contributed by atoms with Crippen molar-refractivity contribution in [2.45, 2.75) is 4.90 Å². The molecule has 4 rings (SSSR count). The van der Waals surface area contributed by atoms with E-state index in [0.717, 1.165) is 16.4 Å². The standard InChI is InChI=1S/C25H18Cl2N4O6S/c26-17-10-12-20(21(27)14-17)23-13-11-19(37-23)15-28-29-25(32)16-30(18-6-2-1-3-7-18)38(35,36)24-9-5-4-8-22(24)31(33)34/h1-15H,16H2,(H,29,32)/b28-15-. The smallest absolute Gasteiger partial charge is 0.289 e. The highest BCUT2D eigenvalue weighted by molar-refractivity contribution is 7.93. The second-order valence-corrected chi connectivity index (χ2v) is 10.4. The van der Waals surface area contributed by atoms with Gasteiger partial charge in [-0.2, -0.15) is 5.10 Å². The van der Waals surface area contributed by atoms with Crippen LogP contribution in [0.4, 0.5) is 11.4 Å². The molecule has 38 heavy (non-hydrogen) atoms. The molecule has 0 unspecified atom stereocenters. The predicted octanol–water partition coefficient (Wildman–Crippen LogP) is 5.51. The van der Waals surface area contributed by atoms with E-state index in [0.29, 0.717) is 27.1 Å². The fourth-order valence-corrected chi connectivity index (χ4v) is 5.53. The number of anilines is 1. The summed E-state index contributed by atoms with van der Waals surface area (Å²) >= 11 is 12.1. The number of hydrogen-bond donors (Lipinski definition) is 1. The van der Waals surface area contributed by atoms with Crippen LogP contribution in [0, 0.1) is 10.1 Å². The van der Waals surface area contributed by atoms with Crippen LogP contribution in [-0.4, -0.2) is 32.0 Å². The number of halogens is 2. The molecule has 0 aliphatic rings. The van der Waals surface area contributed by atoms with Crippen LogP contribution in [0.3, 0.4) is 0 Å². The minimum atomic E-state index is -4.50. The number of nitro benzene ring substituents is 1. The molecule has 0 saturated carbocycles. The van der Waals surface area contributed by atoms with E-state index >= 15 is 0 Å². The molecule has 0 spiro atoms. The van der Waals surface area contributed by atoms with Gasteiger partial charge in [0.05, 0.1) is 21.8 Å². The number of carbonyl (C=O) groups is 1. The van der Waals surface area contributed by atoms with Gasteiger partial charge in [-0.15, -0.1) is 0 Å². The Morgan fingerprint density at radius 3 is 2.45 bits per heavy atom. The lowest BCUT2D eigenvalue weighted by Gasteiger charge is -2.23. The topological polar surface area (TPSA) is 135 Å². The second-order valence-electron chi connectivity index (χ2n) is 7.69. The summed E-state index contributed by atoms with van der Waals surface area (Å²) in [5, 5.41) is 16.2. The maximum Gasteiger partial charge on any atom is 0.289 e. The number of hydrazone groups is 1. The van der Waals surface area contributed by atoms with Crippen molar-refractivity contribution < 1.29 is 22.6 Å². The molecule has 0 aliphatic heterocycles. The fourth-order valence-electron chi connectivity index (χ4n) is 3.44. The van der Waals surface area contributed by atoms with Gasteiger partial charge in [-0.25, -0.2) is 13.8 Å². The van der Waals surface area contributed by atoms with Gasteiger partial charge in [-0.1, -0.05) is 53.5 Å². The Morgan fingerprint density at radius 1 is 1.03 bits per heavy atom. The lowest BCUT2D eigenvalue weighted by Crippen LogP contribution is -2.39. The minimum absolute atomic E-state index is 0.139. The molecule has 0 aliphatic carbocycles. The average Bonchev–Trinajstić information content (AvgIpc) is 3.36. The lowest BCUT2D eigenvalue weighted by atomic mass is 10.2. The first-order chi connectivity index (χ1) is 18.2. The molecule has 1 heterocycles. The number of hydrogen-bond acceptors (Lipinski definition) is 7. The number of benzene rings is 3. The maximum absolute atomic E-state index is 13.4. The molecule has 0 atom stereocenters. The molecule has 194 valence electrons. The van der Waals surface area contributed by atoms with Crippen molar-refractivity contribution in [3.05, 3.63) is 111 Å². The van der Waals surface area contributed by atoms with Crippen LogP contribution in [-0.2, 0) is 14.8 Å². The predicted molar refractivity (Wildman–Crippen MR) is 144 cm³/mol. The Morgan fingerprint density at radius 2 is 1.74 bits per heavy atom. The first kappa shape index (κ1) is 26.9. The molecule has 1 amide bonds. The Bertz CT molecular complexity index is 1620. The van der Waals surface area contributed by atoms with Crippen molar-refractivity contribution >= 4 is 56.7 Å². The Kier molecular flexibility index (Phi) is 8.10. The van der Waals surface area contributed by atoms with Gasteiger partial charge in [0.25, 0.3) is 21.6 Å². The van der Waals surface area contributed by atoms with Crippen molar-refractivity contribution in [3.8, 4) is 11.3 Å². The summed E-state index contributed by atoms with van der Waals surface area (Å²) in [5.74, 6) is -0.0520. The number of furan rings is 1. The molecule has 1 aromatic heterocycles. The van der Waals surface area contributed by atoms with E-state index < -0.39 is 38.0 Å². The van der Waals surface area contributed by atoms with Crippen molar-refractivity contribution in [3.63, 3.8) is 0 Å². The van der Waals surface area contributed by atoms with Gasteiger partial charge < -0.3 is 4.42 Å². The average molecular weight is 573 g/mol. The Balaban J connectivity index is 1.53. The third-order valence-electron chi connectivity index (χ3n) is 5.17. The lowest BCUT2D eigenvalue weighted by molar-refractivity contribution is -0.387. The quantitative estimate of drug-likeness (QED) is 0.159. The zero-order valence-corrected chi connectivity index (χ0v) is 21.7. The monoisotopic (exact) mass is 572 g/mol. The zero-order valence-electron chi connectivity index (χ0n) is 19.3. The molecule has 0 bridgehead atoms. The van der Waals surface area contributed by atoms with Crippen molar-refractivity contribution in [1.82, 2.24) is 5.43 Å². The van der Waals surface area contributed by atoms with Crippen LogP contribution >= 0.6 is 23.2 Å². The highest BCUT2D eigenvalue weighted by atomic mass is 35.5. The zero-order chi connectivity index (χ0) is 27.3. The highest BCUT2D eigenvalue weighted by Gasteiger charge is 2.33. The van der Waals surface area contributed by atoms with Crippen LogP contribution in [0.25, 0.3) is 11.3 Å². The third kappa shape index (κ3) is 6.02. The largest absolute Gasteiger partial charge is 0.455 e. The Hall–Kier alpha value is -4.19. The maximum atomic E-state index is 13.4. The molecule has 0 fully saturated rings. The molecule has 0 saturated heterocycles. The SMILES string of the molecule is O=C(CN(c1ccccc1)S(=O)(=O)c1ccccc1[N+](=O)[O-])N/N=C\c1ccc(-c2ccc(Cl)cc2Cl)o1. The first-order valence-electron chi connectivity index (χ1n) is 10.8. The molecule has 0 radical (unpaired) electrons. The summed E-state index contributed by atoms with van der Waals surface area (Å²) in [6.07, 6.45) is 1.23. The number of rotatable bonds is 9. The van der Waals surface area contributed by atoms with Gasteiger partial charge in [0.15, 0.2) is 4.90 Å². The van der Waals surface area contributed by atoms with Gasteiger partial charge in [0.2, 0.25) is 0 Å². The van der Waals surface area contributed by atoms with Crippen molar-refractivity contribution in [1.29, 1.82) is 0 Å². The number of nitrogens with zero attached hydrogens (tertiary/aromatic N) is 3. The van der Waals surface area contributed by atoms with Crippen LogP contribution in [0.2, 0.25) is 10.0 Å². The molecule has 10 nitrogen and oxygen atoms in total. The summed E-state index contributed by atoms with van der Waals surface area (Å²) in [6.45, 7) is -0.695. The van der Waals surface area contributed by atoms with Gasteiger partial charge in [0, 0.05) is 16.7 Å². The molecular formula is C25H18Cl2N4O6S. The number of carbonyl (C=O) groups excluding carboxylic acids is 1. The second kappa shape index (κ2) is 11.5. The normalized spacial score (nSPS) is 11.4. The third-order valence-corrected chi connectivity index (χ3v) is 7.53. The van der Waals surface area contributed by atoms with E-state index in [9.17, 15) is 23.3 Å². The van der Waals surface area contributed by atoms with Gasteiger partial charge >= 0.3 is 0 Å². The number of nitro groups is 1. The summed E-state index contributed by atoms with van der Waals surface area (Å²) in [4.78, 5) is 22.8. The van der Waals surface area contributed by atoms with Crippen molar-refractivity contribution in [2.75, 3.05) is 10.8 Å². The molecular weight excluding hydrogens is 555 g/mol. The van der Waals surface area contributed by atoms with Crippen LogP contribution in [0.1, 0.15) is 5.76 Å². The van der Waals surface area contributed by atoms with E-state index in [-0.39, 0.29) is 5.69 Å². The number of nitrogens with one attached hydrogen (secondary N) is 1. The van der Waals surface area contributed by atoms with Crippen LogP contribution in [0.15, 0.2) is 99.3 Å². The van der Waals surface area contributed by atoms with E-state index in [2.05, 4.69) is 10.5 Å². The van der Waals surface area contributed by atoms with Crippen LogP contribution in [0.5, 0.6) is 0 Å². The van der Waals surface area contributed by atoms with Crippen LogP contribution < -0.4 is 9.73 Å². The van der Waals surface area contributed by atoms with E-state index in [1.54, 1.807) is 48.5 Å². The molecule has 13 heteroatoms. The molecule has 4 aromatic rings. The van der Waals surface area contributed by atoms with E-state index in [1.165, 1.54) is 30.5 Å². The summed E-state index contributed by atoms with van der Waals surface area (Å²) in [7, 11) is -4.50. The minimum Gasteiger partial charge on any atom is -0.455 e. The number of para-hydroxylation sites is 2. The Labute approximate surface area is 227 Å². The molecule has 1 N–H and O–H groups in total. The van der Waals surface area contributed by atoms with Crippen molar-refractivity contribution in [2.24, 2.45) is 5.10 Å². The van der Waals surface area contributed by atoms with E-state index in [4.69, 9.17) is 27.6 Å². The summed E-state index contributed by atoms with van der Waals surface area (Å²) in [5.41, 5.74) is 2.39. The summed E-state index contributed by atoms with van der Waals surface area (Å²) < 4.78 is 33.3. The van der Waals surface area contributed by atoms with Gasteiger partial charge in [0.1, 0.15) is 18.1 Å². The number of amides is 1. The van der Waals surface area contributed by atoms with Gasteiger partial charge in [-0.05, 0) is 48.5 Å². The van der Waals surface area contributed by atoms with E-state index in [1.807, 2.05) is 0 Å². The summed E-state index contributed by atoms with van der Waals surface area (Å²) in [6, 6.07) is 20.9. The van der Waals surface area contributed by atoms with Gasteiger partial charge in [-0.3, -0.25) is 19.2 Å². The molecule has 3 aromatic carbocycles. The fraction of sp³-hybridized carbons (Fsp3) is 0.0400.